The molecular weight excluding hydrogens is 505 g/mol. The lowest BCUT2D eigenvalue weighted by Gasteiger charge is -2.35. The van der Waals surface area contributed by atoms with Crippen LogP contribution >= 0.6 is 24.0 Å². The van der Waals surface area contributed by atoms with Crippen LogP contribution in [0, 0.1) is 0 Å². The van der Waals surface area contributed by atoms with Crippen molar-refractivity contribution in [3.05, 3.63) is 35.4 Å². The molecule has 2 saturated heterocycles. The second-order valence-electron chi connectivity index (χ2n) is 8.38. The van der Waals surface area contributed by atoms with Gasteiger partial charge in [-0.25, -0.2) is 0 Å². The first kappa shape index (κ1) is 26.3. The summed E-state index contributed by atoms with van der Waals surface area (Å²) in [5, 5.41) is 6.93. The number of ether oxygens (including phenoxy) is 2. The maximum absolute atomic E-state index is 5.81. The standard InChI is InChI=1S/C23H39N5O2.HI/c1-19-16-28(17-20(2)30-19)10-6-9-25-23(24-3)26-15-21-7-4-5-8-22(21)18-27-11-13-29-14-12-27;/h4-5,7-8,19-20H,6,9-18H2,1-3H3,(H2,24,25,26);1H. The first-order valence-corrected chi connectivity index (χ1v) is 11.3. The van der Waals surface area contributed by atoms with Crippen LogP contribution in [0.2, 0.25) is 0 Å². The molecule has 0 aromatic heterocycles. The highest BCUT2D eigenvalue weighted by atomic mass is 127. The van der Waals surface area contributed by atoms with E-state index < -0.39 is 0 Å². The van der Waals surface area contributed by atoms with Crippen LogP contribution < -0.4 is 10.6 Å². The van der Waals surface area contributed by atoms with Crippen molar-refractivity contribution in [2.75, 3.05) is 59.5 Å². The van der Waals surface area contributed by atoms with E-state index in [0.29, 0.717) is 12.2 Å². The topological polar surface area (TPSA) is 61.4 Å². The number of rotatable bonds is 8. The van der Waals surface area contributed by atoms with Gasteiger partial charge < -0.3 is 20.1 Å². The fourth-order valence-corrected chi connectivity index (χ4v) is 4.26. The van der Waals surface area contributed by atoms with E-state index in [4.69, 9.17) is 9.47 Å². The Morgan fingerprint density at radius 3 is 2.39 bits per heavy atom. The molecular formula is C23H40IN5O2. The molecule has 2 N–H and O–H groups in total. The zero-order valence-corrected chi connectivity index (χ0v) is 21.6. The minimum absolute atomic E-state index is 0. The summed E-state index contributed by atoms with van der Waals surface area (Å²) in [6, 6.07) is 8.67. The zero-order chi connectivity index (χ0) is 21.2. The number of nitrogens with one attached hydrogen (secondary N) is 2. The number of aliphatic imine (C=N–C) groups is 1. The molecule has 0 bridgehead atoms. The van der Waals surface area contributed by atoms with Crippen LogP contribution in [0.15, 0.2) is 29.3 Å². The summed E-state index contributed by atoms with van der Waals surface area (Å²) in [5.41, 5.74) is 2.70. The molecule has 176 valence electrons. The highest BCUT2D eigenvalue weighted by Gasteiger charge is 2.21. The van der Waals surface area contributed by atoms with E-state index in [1.165, 1.54) is 11.1 Å². The predicted molar refractivity (Wildman–Crippen MR) is 137 cm³/mol. The fraction of sp³-hybridized carbons (Fsp3) is 0.696. The molecule has 8 heteroatoms. The van der Waals surface area contributed by atoms with Crippen LogP contribution in [0.4, 0.5) is 0 Å². The molecule has 2 atom stereocenters. The van der Waals surface area contributed by atoms with Gasteiger partial charge in [0.15, 0.2) is 5.96 Å². The third-order valence-corrected chi connectivity index (χ3v) is 5.72. The maximum atomic E-state index is 5.81. The third-order valence-electron chi connectivity index (χ3n) is 5.72. The molecule has 2 fully saturated rings. The number of halogens is 1. The van der Waals surface area contributed by atoms with Gasteiger partial charge in [-0.05, 0) is 31.4 Å². The number of hydrogen-bond donors (Lipinski definition) is 2. The van der Waals surface area contributed by atoms with Gasteiger partial charge in [0.05, 0.1) is 25.4 Å². The van der Waals surface area contributed by atoms with Gasteiger partial charge in [0.2, 0.25) is 0 Å². The highest BCUT2D eigenvalue weighted by Crippen LogP contribution is 2.13. The second kappa shape index (κ2) is 14.3. The molecule has 0 saturated carbocycles. The van der Waals surface area contributed by atoms with Crippen molar-refractivity contribution in [3.63, 3.8) is 0 Å². The van der Waals surface area contributed by atoms with Gasteiger partial charge in [-0.3, -0.25) is 14.8 Å². The van der Waals surface area contributed by atoms with Crippen LogP contribution in [-0.2, 0) is 22.6 Å². The Morgan fingerprint density at radius 2 is 1.71 bits per heavy atom. The van der Waals surface area contributed by atoms with Gasteiger partial charge in [0.1, 0.15) is 0 Å². The SMILES string of the molecule is CN=C(NCCCN1CC(C)OC(C)C1)NCc1ccccc1CN1CCOCC1.I. The Bertz CT molecular complexity index is 659. The molecule has 0 amide bonds. The molecule has 2 aliphatic rings. The fourth-order valence-electron chi connectivity index (χ4n) is 4.26. The molecule has 0 spiro atoms. The normalized spacial score (nSPS) is 23.3. The molecule has 31 heavy (non-hydrogen) atoms. The van der Waals surface area contributed by atoms with Crippen molar-refractivity contribution in [1.82, 2.24) is 20.4 Å². The average Bonchev–Trinajstić information content (AvgIpc) is 2.74. The number of benzene rings is 1. The van der Waals surface area contributed by atoms with E-state index >= 15 is 0 Å². The van der Waals surface area contributed by atoms with E-state index in [1.807, 2.05) is 7.05 Å². The average molecular weight is 546 g/mol. The van der Waals surface area contributed by atoms with Crippen molar-refractivity contribution in [2.24, 2.45) is 4.99 Å². The Hall–Kier alpha value is -0.940. The van der Waals surface area contributed by atoms with Gasteiger partial charge in [-0.1, -0.05) is 24.3 Å². The van der Waals surface area contributed by atoms with Crippen molar-refractivity contribution < 1.29 is 9.47 Å². The first-order valence-electron chi connectivity index (χ1n) is 11.3. The number of nitrogens with zero attached hydrogens (tertiary/aromatic N) is 3. The smallest absolute Gasteiger partial charge is 0.191 e. The molecule has 1 aromatic carbocycles. The van der Waals surface area contributed by atoms with Gasteiger partial charge in [-0.15, -0.1) is 24.0 Å². The summed E-state index contributed by atoms with van der Waals surface area (Å²) in [7, 11) is 1.83. The van der Waals surface area contributed by atoms with Crippen molar-refractivity contribution in [1.29, 1.82) is 0 Å². The second-order valence-corrected chi connectivity index (χ2v) is 8.38. The lowest BCUT2D eigenvalue weighted by molar-refractivity contribution is -0.0679. The summed E-state index contributed by atoms with van der Waals surface area (Å²) in [4.78, 5) is 9.35. The van der Waals surface area contributed by atoms with Gasteiger partial charge in [0, 0.05) is 59.4 Å². The van der Waals surface area contributed by atoms with Crippen LogP contribution in [-0.4, -0.2) is 87.5 Å². The molecule has 0 aliphatic carbocycles. The Morgan fingerprint density at radius 1 is 1.03 bits per heavy atom. The lowest BCUT2D eigenvalue weighted by Crippen LogP contribution is -2.46. The zero-order valence-electron chi connectivity index (χ0n) is 19.3. The van der Waals surface area contributed by atoms with E-state index in [-0.39, 0.29) is 24.0 Å². The van der Waals surface area contributed by atoms with E-state index in [1.54, 1.807) is 0 Å². The predicted octanol–water partition coefficient (Wildman–Crippen LogP) is 2.30. The monoisotopic (exact) mass is 545 g/mol. The number of morpholine rings is 2. The molecule has 3 rings (SSSR count). The van der Waals surface area contributed by atoms with E-state index in [0.717, 1.165) is 78.0 Å². The van der Waals surface area contributed by atoms with Crippen LogP contribution in [0.3, 0.4) is 0 Å². The molecule has 7 nitrogen and oxygen atoms in total. The minimum Gasteiger partial charge on any atom is -0.379 e. The van der Waals surface area contributed by atoms with Gasteiger partial charge >= 0.3 is 0 Å². The van der Waals surface area contributed by atoms with Gasteiger partial charge in [0.25, 0.3) is 0 Å². The number of guanidine groups is 1. The summed E-state index contributed by atoms with van der Waals surface area (Å²) in [6.45, 7) is 13.8. The Labute approximate surface area is 205 Å². The highest BCUT2D eigenvalue weighted by molar-refractivity contribution is 14.0. The largest absolute Gasteiger partial charge is 0.379 e. The molecule has 2 aliphatic heterocycles. The van der Waals surface area contributed by atoms with E-state index in [9.17, 15) is 0 Å². The maximum Gasteiger partial charge on any atom is 0.191 e. The summed E-state index contributed by atoms with van der Waals surface area (Å²) in [6.07, 6.45) is 1.75. The van der Waals surface area contributed by atoms with Crippen molar-refractivity contribution in [2.45, 2.75) is 45.6 Å². The molecule has 2 heterocycles. The summed E-state index contributed by atoms with van der Waals surface area (Å²) < 4.78 is 11.3. The van der Waals surface area contributed by atoms with Gasteiger partial charge in [-0.2, -0.15) is 0 Å². The Balaban J connectivity index is 0.00000341. The summed E-state index contributed by atoms with van der Waals surface area (Å²) >= 11 is 0. The number of hydrogen-bond acceptors (Lipinski definition) is 5. The van der Waals surface area contributed by atoms with Crippen molar-refractivity contribution >= 4 is 29.9 Å². The first-order chi connectivity index (χ1) is 14.6. The van der Waals surface area contributed by atoms with Crippen molar-refractivity contribution in [3.8, 4) is 0 Å². The minimum atomic E-state index is 0. The molecule has 2 unspecified atom stereocenters. The molecule has 0 radical (unpaired) electrons. The van der Waals surface area contributed by atoms with E-state index in [2.05, 4.69) is 63.5 Å². The summed E-state index contributed by atoms with van der Waals surface area (Å²) in [5.74, 6) is 0.861. The quantitative estimate of drug-likeness (QED) is 0.226. The van der Waals surface area contributed by atoms with Crippen LogP contribution in [0.25, 0.3) is 0 Å². The molecule has 1 aromatic rings. The van der Waals surface area contributed by atoms with Crippen LogP contribution in [0.1, 0.15) is 31.4 Å². The lowest BCUT2D eigenvalue weighted by atomic mass is 10.1. The third kappa shape index (κ3) is 9.21. The Kier molecular flexibility index (Phi) is 12.1. The van der Waals surface area contributed by atoms with Crippen LogP contribution in [0.5, 0.6) is 0 Å².